The number of piperidine rings is 1. The van der Waals surface area contributed by atoms with Crippen LogP contribution in [0.5, 0.6) is 0 Å². The van der Waals surface area contributed by atoms with E-state index in [9.17, 15) is 4.39 Å². The summed E-state index contributed by atoms with van der Waals surface area (Å²) >= 11 is 0. The van der Waals surface area contributed by atoms with Gasteiger partial charge in [-0.2, -0.15) is 0 Å². The van der Waals surface area contributed by atoms with Crippen LogP contribution in [0.25, 0.3) is 0 Å². The molecule has 0 radical (unpaired) electrons. The van der Waals surface area contributed by atoms with E-state index in [4.69, 9.17) is 5.11 Å². The van der Waals surface area contributed by atoms with Crippen LogP contribution >= 0.6 is 0 Å². The quantitative estimate of drug-likeness (QED) is 0.503. The molecular weight excluding hydrogens is 121 g/mol. The minimum atomic E-state index is -0.999. The van der Waals surface area contributed by atoms with Crippen LogP contribution < -0.4 is 0 Å². The van der Waals surface area contributed by atoms with Crippen molar-refractivity contribution < 1.29 is 9.50 Å². The number of rotatable bonds is 0. The molecule has 1 fully saturated rings. The molecule has 0 aromatic heterocycles. The normalized spacial score (nSPS) is 39.0. The third-order valence-corrected chi connectivity index (χ3v) is 1.70. The van der Waals surface area contributed by atoms with Crippen molar-refractivity contribution in [2.75, 3.05) is 20.1 Å². The molecule has 9 heavy (non-hydrogen) atoms. The van der Waals surface area contributed by atoms with Crippen LogP contribution in [0.2, 0.25) is 0 Å². The maximum atomic E-state index is 12.5. The van der Waals surface area contributed by atoms with Gasteiger partial charge < -0.3 is 10.0 Å². The number of nitrogens with zero attached hydrogens (tertiary/aromatic N) is 1. The predicted molar refractivity (Wildman–Crippen MR) is 33.0 cm³/mol. The highest BCUT2D eigenvalue weighted by Crippen LogP contribution is 2.11. The first kappa shape index (κ1) is 6.96. The topological polar surface area (TPSA) is 23.5 Å². The molecule has 1 saturated heterocycles. The van der Waals surface area contributed by atoms with E-state index in [1.165, 1.54) is 0 Å². The lowest BCUT2D eigenvalue weighted by Gasteiger charge is -2.28. The van der Waals surface area contributed by atoms with Gasteiger partial charge in [-0.3, -0.25) is 0 Å². The zero-order valence-corrected chi connectivity index (χ0v) is 5.55. The molecule has 0 aromatic carbocycles. The van der Waals surface area contributed by atoms with E-state index in [1.807, 2.05) is 11.9 Å². The molecule has 1 N–H and O–H groups in total. The molecule has 3 heteroatoms. The van der Waals surface area contributed by atoms with Crippen molar-refractivity contribution >= 4 is 0 Å². The van der Waals surface area contributed by atoms with E-state index in [2.05, 4.69) is 0 Å². The number of likely N-dealkylation sites (tertiary alicyclic amines) is 1. The van der Waals surface area contributed by atoms with Crippen LogP contribution in [0, 0.1) is 0 Å². The Hall–Kier alpha value is -0.150. The van der Waals surface area contributed by atoms with Crippen LogP contribution in [0.4, 0.5) is 4.39 Å². The van der Waals surface area contributed by atoms with E-state index in [-0.39, 0.29) is 0 Å². The molecule has 1 rings (SSSR count). The zero-order valence-electron chi connectivity index (χ0n) is 5.55. The van der Waals surface area contributed by atoms with Crippen molar-refractivity contribution in [2.24, 2.45) is 0 Å². The molecule has 54 valence electrons. The number of halogens is 1. The summed E-state index contributed by atoms with van der Waals surface area (Å²) in [7, 11) is 1.88. The van der Waals surface area contributed by atoms with Gasteiger partial charge in [-0.15, -0.1) is 0 Å². The fourth-order valence-electron chi connectivity index (χ4n) is 1.06. The molecule has 1 aliphatic rings. The van der Waals surface area contributed by atoms with E-state index in [1.54, 1.807) is 0 Å². The average Bonchev–Trinajstić information content (AvgIpc) is 1.80. The highest BCUT2D eigenvalue weighted by atomic mass is 19.1. The molecule has 1 heterocycles. The van der Waals surface area contributed by atoms with Gasteiger partial charge >= 0.3 is 0 Å². The maximum Gasteiger partial charge on any atom is 0.128 e. The minimum Gasteiger partial charge on any atom is -0.389 e. The molecule has 0 unspecified atom stereocenters. The molecule has 1 aliphatic heterocycles. The highest BCUT2D eigenvalue weighted by Gasteiger charge is 2.24. The Morgan fingerprint density at radius 3 is 2.78 bits per heavy atom. The molecule has 2 nitrogen and oxygen atoms in total. The number of likely N-dealkylation sites (N-methyl/N-ethyl adjacent to an activating group) is 1. The molecule has 0 aliphatic carbocycles. The van der Waals surface area contributed by atoms with Gasteiger partial charge in [0.1, 0.15) is 6.17 Å². The lowest BCUT2D eigenvalue weighted by atomic mass is 10.1. The second-order valence-corrected chi connectivity index (χ2v) is 2.63. The monoisotopic (exact) mass is 133 g/mol. The van der Waals surface area contributed by atoms with Crippen LogP contribution in [-0.2, 0) is 0 Å². The molecule has 0 bridgehead atoms. The fourth-order valence-corrected chi connectivity index (χ4v) is 1.06. The summed E-state index contributed by atoms with van der Waals surface area (Å²) in [6, 6.07) is 0. The Labute approximate surface area is 54.3 Å². The molecule has 0 saturated carbocycles. The average molecular weight is 133 g/mol. The first-order chi connectivity index (χ1) is 4.20. The summed E-state index contributed by atoms with van der Waals surface area (Å²) in [6.45, 7) is 1.24. The molecular formula is C6H12FNO. The molecule has 0 spiro atoms. The predicted octanol–water partition coefficient (Wildman–Crippen LogP) is 0.0209. The third-order valence-electron chi connectivity index (χ3n) is 1.70. The molecule has 2 atom stereocenters. The largest absolute Gasteiger partial charge is 0.389 e. The van der Waals surface area contributed by atoms with Crippen LogP contribution in [0.1, 0.15) is 6.42 Å². The van der Waals surface area contributed by atoms with Crippen LogP contribution in [0.3, 0.4) is 0 Å². The van der Waals surface area contributed by atoms with Crippen molar-refractivity contribution in [3.8, 4) is 0 Å². The summed E-state index contributed by atoms with van der Waals surface area (Å²) in [5, 5.41) is 8.93. The van der Waals surface area contributed by atoms with Gasteiger partial charge in [0.2, 0.25) is 0 Å². The van der Waals surface area contributed by atoms with Crippen molar-refractivity contribution in [3.05, 3.63) is 0 Å². The van der Waals surface area contributed by atoms with Crippen molar-refractivity contribution in [2.45, 2.75) is 18.7 Å². The van der Waals surface area contributed by atoms with Crippen molar-refractivity contribution in [3.63, 3.8) is 0 Å². The lowest BCUT2D eigenvalue weighted by molar-refractivity contribution is 0.0126. The SMILES string of the molecule is CN1CC[C@H](F)[C@@H](O)C1. The fraction of sp³-hybridized carbons (Fsp3) is 1.00. The van der Waals surface area contributed by atoms with Crippen molar-refractivity contribution in [1.29, 1.82) is 0 Å². The standard InChI is InChI=1S/C6H12FNO/c1-8-3-2-5(7)6(9)4-8/h5-6,9H,2-4H2,1H3/t5-,6-/m0/s1. The Balaban J connectivity index is 2.35. The Kier molecular flexibility index (Phi) is 2.03. The van der Waals surface area contributed by atoms with Gasteiger partial charge in [-0.05, 0) is 13.5 Å². The van der Waals surface area contributed by atoms with E-state index in [0.29, 0.717) is 13.0 Å². The third kappa shape index (κ3) is 1.63. The molecule has 0 amide bonds. The molecule has 0 aromatic rings. The van der Waals surface area contributed by atoms with Crippen molar-refractivity contribution in [1.82, 2.24) is 4.90 Å². The lowest BCUT2D eigenvalue weighted by Crippen LogP contribution is -2.42. The van der Waals surface area contributed by atoms with Gasteiger partial charge in [0, 0.05) is 13.1 Å². The summed E-state index contributed by atoms with van der Waals surface area (Å²) in [5.41, 5.74) is 0. The second kappa shape index (κ2) is 2.62. The first-order valence-corrected chi connectivity index (χ1v) is 3.21. The van der Waals surface area contributed by atoms with E-state index < -0.39 is 12.3 Å². The Morgan fingerprint density at radius 2 is 2.33 bits per heavy atom. The summed E-state index contributed by atoms with van der Waals surface area (Å²) in [5.74, 6) is 0. The maximum absolute atomic E-state index is 12.5. The van der Waals surface area contributed by atoms with E-state index >= 15 is 0 Å². The first-order valence-electron chi connectivity index (χ1n) is 3.21. The number of aliphatic hydroxyl groups is 1. The van der Waals surface area contributed by atoms with Gasteiger partial charge in [-0.25, -0.2) is 4.39 Å². The van der Waals surface area contributed by atoms with Crippen LogP contribution in [-0.4, -0.2) is 42.4 Å². The van der Waals surface area contributed by atoms with Gasteiger partial charge in [0.25, 0.3) is 0 Å². The number of hydrogen-bond acceptors (Lipinski definition) is 2. The van der Waals surface area contributed by atoms with Gasteiger partial charge in [0.15, 0.2) is 0 Å². The van der Waals surface area contributed by atoms with Gasteiger partial charge in [0.05, 0.1) is 6.10 Å². The number of alkyl halides is 1. The van der Waals surface area contributed by atoms with Crippen LogP contribution in [0.15, 0.2) is 0 Å². The summed E-state index contributed by atoms with van der Waals surface area (Å²) in [4.78, 5) is 1.93. The van der Waals surface area contributed by atoms with Gasteiger partial charge in [-0.1, -0.05) is 0 Å². The summed E-state index contributed by atoms with van der Waals surface area (Å²) in [6.07, 6.45) is -1.29. The highest BCUT2D eigenvalue weighted by molar-refractivity contribution is 4.77. The number of hydrogen-bond donors (Lipinski definition) is 1. The number of β-amino-alcohol motifs (C(OH)–C–C–N with tert-alkyl or cyclic N) is 1. The van der Waals surface area contributed by atoms with E-state index in [0.717, 1.165) is 6.54 Å². The zero-order chi connectivity index (χ0) is 6.85. The second-order valence-electron chi connectivity index (χ2n) is 2.63. The summed E-state index contributed by atoms with van der Waals surface area (Å²) < 4.78 is 12.5. The Morgan fingerprint density at radius 1 is 1.67 bits per heavy atom. The minimum absolute atomic E-state index is 0.470. The Bertz CT molecular complexity index is 99.1. The smallest absolute Gasteiger partial charge is 0.128 e. The number of aliphatic hydroxyl groups excluding tert-OH is 1.